The number of amides is 1. The van der Waals surface area contributed by atoms with Gasteiger partial charge >= 0.3 is 5.97 Å². The van der Waals surface area contributed by atoms with E-state index in [2.05, 4.69) is 24.1 Å². The maximum Gasteiger partial charge on any atom is 0.307 e. The standard InChI is InChI=1S/C15H28N2O3/c1-4-17(5-2)10-11(3)16-14(18)12-8-6-7-9-13(12)15(19)20/h11-13H,4-10H2,1-3H3,(H,16,18)(H,19,20)/t11?,12-,13+/m1/s1. The minimum absolute atomic E-state index is 0.0544. The number of carboxylic acid groups (broad SMARTS) is 1. The molecule has 0 aromatic heterocycles. The number of hydrogen-bond donors (Lipinski definition) is 2. The van der Waals surface area contributed by atoms with Gasteiger partial charge < -0.3 is 15.3 Å². The maximum absolute atomic E-state index is 12.3. The second-order valence-electron chi connectivity index (χ2n) is 5.73. The molecule has 0 bridgehead atoms. The molecule has 1 fully saturated rings. The topological polar surface area (TPSA) is 69.6 Å². The lowest BCUT2D eigenvalue weighted by Crippen LogP contribution is -2.47. The Hall–Kier alpha value is -1.10. The lowest BCUT2D eigenvalue weighted by atomic mass is 9.78. The van der Waals surface area contributed by atoms with E-state index in [1.165, 1.54) is 0 Å². The van der Waals surface area contributed by atoms with E-state index in [4.69, 9.17) is 0 Å². The fourth-order valence-corrected chi connectivity index (χ4v) is 3.00. The second kappa shape index (κ2) is 8.25. The zero-order chi connectivity index (χ0) is 15.1. The molecule has 3 atom stereocenters. The van der Waals surface area contributed by atoms with Crippen LogP contribution in [0.2, 0.25) is 0 Å². The monoisotopic (exact) mass is 284 g/mol. The molecule has 0 heterocycles. The van der Waals surface area contributed by atoms with Gasteiger partial charge in [0.25, 0.3) is 0 Å². The Morgan fingerprint density at radius 3 is 2.25 bits per heavy atom. The second-order valence-corrected chi connectivity index (χ2v) is 5.73. The molecule has 0 saturated heterocycles. The zero-order valence-electron chi connectivity index (χ0n) is 12.9. The molecule has 116 valence electrons. The van der Waals surface area contributed by atoms with E-state index in [1.54, 1.807) is 0 Å². The first kappa shape index (κ1) is 17.0. The van der Waals surface area contributed by atoms with Crippen molar-refractivity contribution < 1.29 is 14.7 Å². The van der Waals surface area contributed by atoms with Gasteiger partial charge in [-0.1, -0.05) is 26.7 Å². The molecule has 5 nitrogen and oxygen atoms in total. The van der Waals surface area contributed by atoms with Crippen molar-refractivity contribution in [1.29, 1.82) is 0 Å². The highest BCUT2D eigenvalue weighted by Gasteiger charge is 2.36. The summed E-state index contributed by atoms with van der Waals surface area (Å²) in [4.78, 5) is 25.8. The molecule has 0 spiro atoms. The van der Waals surface area contributed by atoms with E-state index < -0.39 is 11.9 Å². The van der Waals surface area contributed by atoms with Crippen LogP contribution in [0.4, 0.5) is 0 Å². The van der Waals surface area contributed by atoms with Crippen LogP contribution in [0, 0.1) is 11.8 Å². The van der Waals surface area contributed by atoms with E-state index in [0.29, 0.717) is 12.8 Å². The summed E-state index contributed by atoms with van der Waals surface area (Å²) in [5.41, 5.74) is 0. The first-order valence-electron chi connectivity index (χ1n) is 7.75. The highest BCUT2D eigenvalue weighted by atomic mass is 16.4. The average Bonchev–Trinajstić information content (AvgIpc) is 2.44. The molecule has 1 saturated carbocycles. The molecule has 1 aliphatic rings. The Bertz CT molecular complexity index is 329. The number of carbonyl (C=O) groups excluding carboxylic acids is 1. The van der Waals surface area contributed by atoms with Gasteiger partial charge in [-0.05, 0) is 32.9 Å². The van der Waals surface area contributed by atoms with Crippen molar-refractivity contribution in [2.75, 3.05) is 19.6 Å². The summed E-state index contributed by atoms with van der Waals surface area (Å²) in [6.07, 6.45) is 3.18. The smallest absolute Gasteiger partial charge is 0.307 e. The lowest BCUT2D eigenvalue weighted by molar-refractivity contribution is -0.149. The van der Waals surface area contributed by atoms with Gasteiger partial charge in [0, 0.05) is 12.6 Å². The highest BCUT2D eigenvalue weighted by molar-refractivity contribution is 5.85. The third kappa shape index (κ3) is 4.78. The highest BCUT2D eigenvalue weighted by Crippen LogP contribution is 2.30. The fraction of sp³-hybridized carbons (Fsp3) is 0.867. The molecule has 1 unspecified atom stereocenters. The van der Waals surface area contributed by atoms with Gasteiger partial charge in [-0.2, -0.15) is 0 Å². The summed E-state index contributed by atoms with van der Waals surface area (Å²) < 4.78 is 0. The summed E-state index contributed by atoms with van der Waals surface area (Å²) >= 11 is 0. The molecule has 20 heavy (non-hydrogen) atoms. The number of rotatable bonds is 7. The van der Waals surface area contributed by atoms with Gasteiger partial charge in [0.15, 0.2) is 0 Å². The van der Waals surface area contributed by atoms with Gasteiger partial charge in [0.2, 0.25) is 5.91 Å². The van der Waals surface area contributed by atoms with E-state index in [9.17, 15) is 14.7 Å². The van der Waals surface area contributed by atoms with E-state index in [0.717, 1.165) is 32.5 Å². The summed E-state index contributed by atoms with van der Waals surface area (Å²) in [5.74, 6) is -1.79. The fourth-order valence-electron chi connectivity index (χ4n) is 3.00. The summed E-state index contributed by atoms with van der Waals surface area (Å²) in [7, 11) is 0. The van der Waals surface area contributed by atoms with Crippen molar-refractivity contribution in [3.63, 3.8) is 0 Å². The number of nitrogens with zero attached hydrogens (tertiary/aromatic N) is 1. The first-order chi connectivity index (χ1) is 9.49. The maximum atomic E-state index is 12.3. The number of likely N-dealkylation sites (N-methyl/N-ethyl adjacent to an activating group) is 1. The predicted octanol–water partition coefficient (Wildman–Crippen LogP) is 1.72. The van der Waals surface area contributed by atoms with Crippen LogP contribution in [-0.4, -0.2) is 47.6 Å². The molecule has 0 aromatic carbocycles. The quantitative estimate of drug-likeness (QED) is 0.747. The van der Waals surface area contributed by atoms with Crippen LogP contribution in [-0.2, 0) is 9.59 Å². The first-order valence-corrected chi connectivity index (χ1v) is 7.75. The largest absolute Gasteiger partial charge is 0.481 e. The molecule has 1 rings (SSSR count). The minimum atomic E-state index is -0.832. The normalized spacial score (nSPS) is 24.4. The number of nitrogens with one attached hydrogen (secondary N) is 1. The van der Waals surface area contributed by atoms with Crippen LogP contribution in [0.3, 0.4) is 0 Å². The van der Waals surface area contributed by atoms with Crippen molar-refractivity contribution in [2.24, 2.45) is 11.8 Å². The van der Waals surface area contributed by atoms with Crippen molar-refractivity contribution in [3.05, 3.63) is 0 Å². The molecular weight excluding hydrogens is 256 g/mol. The van der Waals surface area contributed by atoms with Gasteiger partial charge in [0.1, 0.15) is 0 Å². The number of carbonyl (C=O) groups is 2. The van der Waals surface area contributed by atoms with Crippen LogP contribution in [0.5, 0.6) is 0 Å². The molecule has 1 amide bonds. The van der Waals surface area contributed by atoms with Crippen LogP contribution < -0.4 is 5.32 Å². The number of hydrogen-bond acceptors (Lipinski definition) is 3. The molecule has 1 aliphatic carbocycles. The Kier molecular flexibility index (Phi) is 6.99. The van der Waals surface area contributed by atoms with Gasteiger partial charge in [-0.25, -0.2) is 0 Å². The van der Waals surface area contributed by atoms with Crippen molar-refractivity contribution in [3.8, 4) is 0 Å². The third-order valence-electron chi connectivity index (χ3n) is 4.24. The molecular formula is C15H28N2O3. The predicted molar refractivity (Wildman–Crippen MR) is 78.5 cm³/mol. The Labute approximate surface area is 121 Å². The minimum Gasteiger partial charge on any atom is -0.481 e. The summed E-state index contributed by atoms with van der Waals surface area (Å²) in [6.45, 7) is 8.90. The van der Waals surface area contributed by atoms with Crippen molar-refractivity contribution >= 4 is 11.9 Å². The average molecular weight is 284 g/mol. The van der Waals surface area contributed by atoms with E-state index >= 15 is 0 Å². The van der Waals surface area contributed by atoms with Gasteiger partial charge in [-0.15, -0.1) is 0 Å². The van der Waals surface area contributed by atoms with Crippen molar-refractivity contribution in [2.45, 2.75) is 52.5 Å². The Morgan fingerprint density at radius 2 is 1.75 bits per heavy atom. The van der Waals surface area contributed by atoms with E-state index in [1.807, 2.05) is 6.92 Å². The summed E-state index contributed by atoms with van der Waals surface area (Å²) in [5, 5.41) is 12.2. The summed E-state index contributed by atoms with van der Waals surface area (Å²) in [6, 6.07) is 0.0544. The van der Waals surface area contributed by atoms with Crippen LogP contribution >= 0.6 is 0 Å². The molecule has 0 aromatic rings. The number of aliphatic carboxylic acids is 1. The number of carboxylic acids is 1. The molecule has 0 radical (unpaired) electrons. The Morgan fingerprint density at radius 1 is 1.20 bits per heavy atom. The molecule has 5 heteroatoms. The van der Waals surface area contributed by atoms with Crippen molar-refractivity contribution in [1.82, 2.24) is 10.2 Å². The molecule has 2 N–H and O–H groups in total. The zero-order valence-corrected chi connectivity index (χ0v) is 12.9. The van der Waals surface area contributed by atoms with Crippen LogP contribution in [0.25, 0.3) is 0 Å². The molecule has 0 aliphatic heterocycles. The van der Waals surface area contributed by atoms with Gasteiger partial charge in [-0.3, -0.25) is 9.59 Å². The van der Waals surface area contributed by atoms with Crippen LogP contribution in [0.15, 0.2) is 0 Å². The van der Waals surface area contributed by atoms with Crippen LogP contribution in [0.1, 0.15) is 46.5 Å². The van der Waals surface area contributed by atoms with Gasteiger partial charge in [0.05, 0.1) is 11.8 Å². The SMILES string of the molecule is CCN(CC)CC(C)NC(=O)[C@@H]1CCCC[C@@H]1C(=O)O. The third-order valence-corrected chi connectivity index (χ3v) is 4.24. The Balaban J connectivity index is 2.53. The lowest BCUT2D eigenvalue weighted by Gasteiger charge is -2.30. The van der Waals surface area contributed by atoms with E-state index in [-0.39, 0.29) is 17.9 Å².